The summed E-state index contributed by atoms with van der Waals surface area (Å²) >= 11 is 0. The number of hydrogen-bond donors (Lipinski definition) is 1. The van der Waals surface area contributed by atoms with E-state index in [-0.39, 0.29) is 22.2 Å². The molecule has 7 nitrogen and oxygen atoms in total. The number of carbonyl (C=O) groups is 1. The number of amides is 1. The molecular formula is C21H21N3O4S. The molecule has 1 N–H and O–H groups in total. The monoisotopic (exact) mass is 411 g/mol. The molecule has 1 aromatic carbocycles. The molecule has 29 heavy (non-hydrogen) atoms. The highest BCUT2D eigenvalue weighted by Gasteiger charge is 2.19. The van der Waals surface area contributed by atoms with Crippen LogP contribution < -0.4 is 14.8 Å². The highest BCUT2D eigenvalue weighted by atomic mass is 32.2. The molecule has 3 aromatic rings. The van der Waals surface area contributed by atoms with Crippen LogP contribution in [0.3, 0.4) is 0 Å². The van der Waals surface area contributed by atoms with E-state index in [1.54, 1.807) is 62.0 Å². The highest BCUT2D eigenvalue weighted by Crippen LogP contribution is 2.27. The van der Waals surface area contributed by atoms with E-state index in [0.717, 1.165) is 5.56 Å². The molecule has 3 rings (SSSR count). The van der Waals surface area contributed by atoms with Gasteiger partial charge < -0.3 is 14.8 Å². The lowest BCUT2D eigenvalue weighted by Crippen LogP contribution is -2.16. The van der Waals surface area contributed by atoms with Gasteiger partial charge in [-0.1, -0.05) is 6.07 Å². The number of carbonyl (C=O) groups excluding carboxylic acids is 1. The number of nitrogens with zero attached hydrogens (tertiary/aromatic N) is 2. The fraction of sp³-hybridized carbons (Fsp3) is 0.190. The van der Waals surface area contributed by atoms with Crippen molar-refractivity contribution in [3.63, 3.8) is 0 Å². The lowest BCUT2D eigenvalue weighted by molar-refractivity contribution is 0.102. The van der Waals surface area contributed by atoms with E-state index >= 15 is 0 Å². The van der Waals surface area contributed by atoms with Crippen molar-refractivity contribution in [1.82, 2.24) is 9.97 Å². The number of ether oxygens (including phenoxy) is 2. The van der Waals surface area contributed by atoms with Gasteiger partial charge in [0, 0.05) is 35.9 Å². The molecule has 0 aliphatic rings. The Hall–Kier alpha value is -3.26. The SMILES string of the molecule is CCOc1cc(OC)ccc1CS(=O)c1ncccc1C(=O)Nc1ccncc1. The summed E-state index contributed by atoms with van der Waals surface area (Å²) in [5.41, 5.74) is 1.60. The first kappa shape index (κ1) is 20.5. The molecule has 150 valence electrons. The Morgan fingerprint density at radius 1 is 1.14 bits per heavy atom. The van der Waals surface area contributed by atoms with Gasteiger partial charge in [-0.15, -0.1) is 0 Å². The van der Waals surface area contributed by atoms with Gasteiger partial charge in [-0.25, -0.2) is 4.98 Å². The fourth-order valence-corrected chi connectivity index (χ4v) is 3.90. The lowest BCUT2D eigenvalue weighted by Gasteiger charge is -2.13. The van der Waals surface area contributed by atoms with E-state index in [0.29, 0.717) is 23.8 Å². The molecule has 2 aromatic heterocycles. The minimum absolute atomic E-state index is 0.159. The number of hydrogen-bond acceptors (Lipinski definition) is 6. The summed E-state index contributed by atoms with van der Waals surface area (Å²) < 4.78 is 24.0. The van der Waals surface area contributed by atoms with Crippen LogP contribution in [-0.2, 0) is 16.6 Å². The summed E-state index contributed by atoms with van der Waals surface area (Å²) in [4.78, 5) is 20.8. The second-order valence-corrected chi connectivity index (χ2v) is 7.31. The normalized spacial score (nSPS) is 11.5. The van der Waals surface area contributed by atoms with Crippen LogP contribution in [0.15, 0.2) is 66.1 Å². The number of anilines is 1. The Bertz CT molecular complexity index is 1010. The van der Waals surface area contributed by atoms with Gasteiger partial charge in [-0.2, -0.15) is 0 Å². The van der Waals surface area contributed by atoms with Crippen molar-refractivity contribution in [2.45, 2.75) is 17.7 Å². The largest absolute Gasteiger partial charge is 0.497 e. The Labute approximate surface area is 171 Å². The molecule has 0 saturated carbocycles. The van der Waals surface area contributed by atoms with E-state index < -0.39 is 10.8 Å². The molecule has 0 radical (unpaired) electrons. The van der Waals surface area contributed by atoms with Crippen LogP contribution >= 0.6 is 0 Å². The van der Waals surface area contributed by atoms with Crippen LogP contribution in [0.2, 0.25) is 0 Å². The fourth-order valence-electron chi connectivity index (χ4n) is 2.66. The summed E-state index contributed by atoms with van der Waals surface area (Å²) in [6.45, 7) is 2.34. The van der Waals surface area contributed by atoms with Gasteiger partial charge in [0.2, 0.25) is 0 Å². The van der Waals surface area contributed by atoms with Crippen molar-refractivity contribution in [1.29, 1.82) is 0 Å². The van der Waals surface area contributed by atoms with Crippen LogP contribution in [0.25, 0.3) is 0 Å². The maximum atomic E-state index is 13.1. The van der Waals surface area contributed by atoms with Gasteiger partial charge in [0.1, 0.15) is 16.5 Å². The predicted molar refractivity (Wildman–Crippen MR) is 111 cm³/mol. The zero-order valence-electron chi connectivity index (χ0n) is 16.1. The summed E-state index contributed by atoms with van der Waals surface area (Å²) in [6.07, 6.45) is 4.68. The Balaban J connectivity index is 1.84. The van der Waals surface area contributed by atoms with Crippen LogP contribution in [0.1, 0.15) is 22.8 Å². The number of rotatable bonds is 8. The number of pyridine rings is 2. The molecule has 0 aliphatic heterocycles. The summed E-state index contributed by atoms with van der Waals surface area (Å²) in [5.74, 6) is 1.02. The molecule has 0 spiro atoms. The first-order valence-corrected chi connectivity index (χ1v) is 10.3. The molecule has 1 unspecified atom stereocenters. The number of benzene rings is 1. The van der Waals surface area contributed by atoms with Crippen molar-refractivity contribution in [2.75, 3.05) is 19.0 Å². The van der Waals surface area contributed by atoms with Gasteiger partial charge in [0.15, 0.2) is 0 Å². The molecule has 1 atom stereocenters. The molecule has 2 heterocycles. The van der Waals surface area contributed by atoms with Crippen LogP contribution in [-0.4, -0.2) is 33.8 Å². The third kappa shape index (κ3) is 5.17. The van der Waals surface area contributed by atoms with Gasteiger partial charge >= 0.3 is 0 Å². The third-order valence-electron chi connectivity index (χ3n) is 4.03. The topological polar surface area (TPSA) is 90.4 Å². The maximum Gasteiger partial charge on any atom is 0.258 e. The summed E-state index contributed by atoms with van der Waals surface area (Å²) in [7, 11) is 0.0218. The summed E-state index contributed by atoms with van der Waals surface area (Å²) in [5, 5.41) is 2.99. The van der Waals surface area contributed by atoms with E-state index in [1.807, 2.05) is 6.92 Å². The van der Waals surface area contributed by atoms with Crippen molar-refractivity contribution in [3.05, 3.63) is 72.2 Å². The molecular weight excluding hydrogens is 390 g/mol. The van der Waals surface area contributed by atoms with Gasteiger partial charge in [0.25, 0.3) is 5.91 Å². The van der Waals surface area contributed by atoms with Crippen molar-refractivity contribution in [2.24, 2.45) is 0 Å². The first-order chi connectivity index (χ1) is 14.1. The molecule has 1 amide bonds. The molecule has 8 heteroatoms. The standard InChI is InChI=1S/C21H21N3O4S/c1-3-28-19-13-17(27-2)7-6-15(19)14-29(26)21-18(5-4-10-23-21)20(25)24-16-8-11-22-12-9-16/h4-13H,3,14H2,1-2H3,(H,22,24,25). The minimum Gasteiger partial charge on any atom is -0.497 e. The number of aromatic nitrogens is 2. The molecule has 0 fully saturated rings. The van der Waals surface area contributed by atoms with E-state index in [4.69, 9.17) is 9.47 Å². The highest BCUT2D eigenvalue weighted by molar-refractivity contribution is 7.84. The molecule has 0 saturated heterocycles. The minimum atomic E-state index is -1.55. The van der Waals surface area contributed by atoms with Gasteiger partial charge in [-0.05, 0) is 37.3 Å². The second kappa shape index (κ2) is 9.79. The van der Waals surface area contributed by atoms with E-state index in [9.17, 15) is 9.00 Å². The van der Waals surface area contributed by atoms with Gasteiger partial charge in [0.05, 0.1) is 35.8 Å². The van der Waals surface area contributed by atoms with Crippen LogP contribution in [0, 0.1) is 0 Å². The van der Waals surface area contributed by atoms with Crippen LogP contribution in [0.5, 0.6) is 11.5 Å². The van der Waals surface area contributed by atoms with Crippen molar-refractivity contribution >= 4 is 22.4 Å². The quantitative estimate of drug-likeness (QED) is 0.611. The van der Waals surface area contributed by atoms with Gasteiger partial charge in [-0.3, -0.25) is 14.0 Å². The zero-order valence-corrected chi connectivity index (χ0v) is 16.9. The van der Waals surface area contributed by atoms with E-state index in [1.165, 1.54) is 6.20 Å². The summed E-state index contributed by atoms with van der Waals surface area (Å²) in [6, 6.07) is 11.9. The average Bonchev–Trinajstić information content (AvgIpc) is 2.75. The molecule has 0 aliphatic carbocycles. The Morgan fingerprint density at radius 3 is 2.66 bits per heavy atom. The van der Waals surface area contributed by atoms with Crippen LogP contribution in [0.4, 0.5) is 5.69 Å². The van der Waals surface area contributed by atoms with Crippen molar-refractivity contribution < 1.29 is 18.5 Å². The zero-order chi connectivity index (χ0) is 20.6. The Kier molecular flexibility index (Phi) is 6.91. The number of nitrogens with one attached hydrogen (secondary N) is 1. The van der Waals surface area contributed by atoms with E-state index in [2.05, 4.69) is 15.3 Å². The second-order valence-electron chi connectivity index (χ2n) is 5.94. The number of methoxy groups -OCH3 is 1. The van der Waals surface area contributed by atoms with Crippen molar-refractivity contribution in [3.8, 4) is 11.5 Å². The average molecular weight is 411 g/mol. The predicted octanol–water partition coefficient (Wildman–Crippen LogP) is 3.44. The maximum absolute atomic E-state index is 13.1. The third-order valence-corrected chi connectivity index (χ3v) is 5.36. The molecule has 0 bridgehead atoms. The smallest absolute Gasteiger partial charge is 0.258 e. The Morgan fingerprint density at radius 2 is 1.93 bits per heavy atom. The lowest BCUT2D eigenvalue weighted by atomic mass is 10.2. The first-order valence-electron chi connectivity index (χ1n) is 8.97.